The number of allylic oxidation sites excluding steroid dienone is 1. The molecule has 3 unspecified atom stereocenters. The van der Waals surface area contributed by atoms with E-state index in [9.17, 15) is 9.59 Å². The molecule has 1 aromatic rings. The number of amides is 2. The van der Waals surface area contributed by atoms with Crippen LogP contribution in [-0.2, 0) is 16.1 Å². The molecule has 2 aliphatic carbocycles. The Kier molecular flexibility index (Phi) is 7.31. The zero-order valence-electron chi connectivity index (χ0n) is 18.3. The summed E-state index contributed by atoms with van der Waals surface area (Å²) in [7, 11) is 0. The predicted molar refractivity (Wildman–Crippen MR) is 117 cm³/mol. The first-order chi connectivity index (χ1) is 14.4. The third kappa shape index (κ3) is 5.95. The van der Waals surface area contributed by atoms with E-state index in [1.54, 1.807) is 12.1 Å². The summed E-state index contributed by atoms with van der Waals surface area (Å²) in [6.07, 6.45) is 5.81. The van der Waals surface area contributed by atoms with Gasteiger partial charge in [-0.15, -0.1) is 0 Å². The fraction of sp³-hybridized carbons (Fsp3) is 0.560. The number of nitrogens with zero attached hydrogens (tertiary/aromatic N) is 1. The first kappa shape index (κ1) is 22.1. The van der Waals surface area contributed by atoms with Gasteiger partial charge in [0.1, 0.15) is 0 Å². The number of carbonyl (C=O) groups excluding carboxylic acids is 2. The fourth-order valence-electron chi connectivity index (χ4n) is 4.41. The highest BCUT2D eigenvalue weighted by molar-refractivity contribution is 5.80. The highest BCUT2D eigenvalue weighted by atomic mass is 16.2. The summed E-state index contributed by atoms with van der Waals surface area (Å²) in [5.74, 6) is 2.04. The molecule has 1 aromatic carbocycles. The molecule has 0 saturated heterocycles. The van der Waals surface area contributed by atoms with Crippen LogP contribution in [0.25, 0.3) is 0 Å². The Bertz CT molecular complexity index is 831. The van der Waals surface area contributed by atoms with Gasteiger partial charge in [-0.1, -0.05) is 37.6 Å². The molecule has 0 bridgehead atoms. The average Bonchev–Trinajstić information content (AvgIpc) is 3.57. The molecule has 160 valence electrons. The van der Waals surface area contributed by atoms with E-state index in [0.29, 0.717) is 42.8 Å². The van der Waals surface area contributed by atoms with Crippen molar-refractivity contribution in [1.82, 2.24) is 10.6 Å². The van der Waals surface area contributed by atoms with Gasteiger partial charge in [-0.05, 0) is 67.6 Å². The van der Waals surface area contributed by atoms with Gasteiger partial charge < -0.3 is 10.6 Å². The van der Waals surface area contributed by atoms with Crippen LogP contribution in [0.5, 0.6) is 0 Å². The zero-order chi connectivity index (χ0) is 21.7. The van der Waals surface area contributed by atoms with E-state index in [0.717, 1.165) is 24.8 Å². The lowest BCUT2D eigenvalue weighted by Gasteiger charge is -2.37. The van der Waals surface area contributed by atoms with Crippen LogP contribution in [0, 0.1) is 40.9 Å². The highest BCUT2D eigenvalue weighted by Gasteiger charge is 2.34. The Morgan fingerprint density at radius 2 is 1.87 bits per heavy atom. The largest absolute Gasteiger partial charge is 0.355 e. The summed E-state index contributed by atoms with van der Waals surface area (Å²) in [6, 6.07) is 9.39. The minimum absolute atomic E-state index is 0.0557. The van der Waals surface area contributed by atoms with Gasteiger partial charge in [0.15, 0.2) is 0 Å². The van der Waals surface area contributed by atoms with Gasteiger partial charge in [-0.2, -0.15) is 5.26 Å². The Labute approximate surface area is 179 Å². The standard InChI is InChI=1S/C25H33N3O2/c1-16(2)23-11-21(17(3)10-22(23)15-28-25(30)20-8-9-20)12-24(29)27-14-19-6-4-18(13-26)5-7-19/h4-7,10,16,20-23H,8-9,11-12,14-15H2,1-3H3,(H,27,29)(H,28,30). The third-order valence-corrected chi connectivity index (χ3v) is 6.55. The number of carbonyl (C=O) groups is 2. The topological polar surface area (TPSA) is 82.0 Å². The first-order valence-corrected chi connectivity index (χ1v) is 11.1. The van der Waals surface area contributed by atoms with Gasteiger partial charge >= 0.3 is 0 Å². The molecule has 5 heteroatoms. The highest BCUT2D eigenvalue weighted by Crippen LogP contribution is 2.39. The third-order valence-electron chi connectivity index (χ3n) is 6.55. The molecule has 3 rings (SSSR count). The Balaban J connectivity index is 1.54. The van der Waals surface area contributed by atoms with Gasteiger partial charge in [0.05, 0.1) is 11.6 Å². The van der Waals surface area contributed by atoms with Gasteiger partial charge in [0.25, 0.3) is 0 Å². The molecule has 0 spiro atoms. The molecule has 0 aliphatic heterocycles. The molecule has 3 atom stereocenters. The van der Waals surface area contributed by atoms with Crippen molar-refractivity contribution in [3.63, 3.8) is 0 Å². The molecule has 0 radical (unpaired) electrons. The van der Waals surface area contributed by atoms with E-state index >= 15 is 0 Å². The van der Waals surface area contributed by atoms with E-state index in [2.05, 4.69) is 43.6 Å². The zero-order valence-corrected chi connectivity index (χ0v) is 18.3. The van der Waals surface area contributed by atoms with E-state index in [4.69, 9.17) is 5.26 Å². The van der Waals surface area contributed by atoms with Crippen LogP contribution in [0.4, 0.5) is 0 Å². The average molecular weight is 408 g/mol. The van der Waals surface area contributed by atoms with Crippen molar-refractivity contribution < 1.29 is 9.59 Å². The maximum Gasteiger partial charge on any atom is 0.223 e. The van der Waals surface area contributed by atoms with Gasteiger partial charge in [-0.3, -0.25) is 9.59 Å². The van der Waals surface area contributed by atoms with E-state index < -0.39 is 0 Å². The van der Waals surface area contributed by atoms with Gasteiger partial charge in [0, 0.05) is 25.4 Å². The van der Waals surface area contributed by atoms with Crippen molar-refractivity contribution >= 4 is 11.8 Å². The van der Waals surface area contributed by atoms with Crippen molar-refractivity contribution in [1.29, 1.82) is 5.26 Å². The SMILES string of the molecule is CC1=CC(CNC(=O)C2CC2)C(C(C)C)CC1CC(=O)NCc1ccc(C#N)cc1. The molecule has 2 N–H and O–H groups in total. The number of hydrogen-bond donors (Lipinski definition) is 2. The molecule has 2 amide bonds. The van der Waals surface area contributed by atoms with Gasteiger partial charge in [-0.25, -0.2) is 0 Å². The van der Waals surface area contributed by atoms with Crippen molar-refractivity contribution in [2.24, 2.45) is 29.6 Å². The molecular weight excluding hydrogens is 374 g/mol. The molecule has 1 fully saturated rings. The van der Waals surface area contributed by atoms with Crippen molar-refractivity contribution in [2.45, 2.75) is 53.0 Å². The molecular formula is C25H33N3O2. The molecule has 0 heterocycles. The van der Waals surface area contributed by atoms with Crippen LogP contribution in [0.1, 0.15) is 57.6 Å². The van der Waals surface area contributed by atoms with Gasteiger partial charge in [0.2, 0.25) is 11.8 Å². The summed E-state index contributed by atoms with van der Waals surface area (Å²) in [5, 5.41) is 15.0. The number of hydrogen-bond acceptors (Lipinski definition) is 3. The number of benzene rings is 1. The Morgan fingerprint density at radius 3 is 2.47 bits per heavy atom. The summed E-state index contributed by atoms with van der Waals surface area (Å²) in [5.41, 5.74) is 2.87. The van der Waals surface area contributed by atoms with E-state index in [1.165, 1.54) is 5.57 Å². The Morgan fingerprint density at radius 1 is 1.17 bits per heavy atom. The second kappa shape index (κ2) is 9.93. The second-order valence-corrected chi connectivity index (χ2v) is 9.22. The van der Waals surface area contributed by atoms with Crippen molar-refractivity contribution in [3.05, 3.63) is 47.0 Å². The lowest BCUT2D eigenvalue weighted by molar-refractivity contribution is -0.122. The van der Waals surface area contributed by atoms with Crippen molar-refractivity contribution in [3.8, 4) is 6.07 Å². The van der Waals surface area contributed by atoms with Crippen molar-refractivity contribution in [2.75, 3.05) is 6.54 Å². The molecule has 5 nitrogen and oxygen atoms in total. The monoisotopic (exact) mass is 407 g/mol. The minimum Gasteiger partial charge on any atom is -0.355 e. The molecule has 0 aromatic heterocycles. The van der Waals surface area contributed by atoms with Crippen LogP contribution in [-0.4, -0.2) is 18.4 Å². The Hall–Kier alpha value is -2.61. The van der Waals surface area contributed by atoms with E-state index in [-0.39, 0.29) is 23.7 Å². The smallest absolute Gasteiger partial charge is 0.223 e. The van der Waals surface area contributed by atoms with Crippen LogP contribution in [0.15, 0.2) is 35.9 Å². The lowest BCUT2D eigenvalue weighted by Crippen LogP contribution is -2.38. The quantitative estimate of drug-likeness (QED) is 0.640. The maximum absolute atomic E-state index is 12.6. The second-order valence-electron chi connectivity index (χ2n) is 9.22. The number of nitriles is 1. The number of rotatable bonds is 8. The van der Waals surface area contributed by atoms with Crippen LogP contribution >= 0.6 is 0 Å². The molecule has 1 saturated carbocycles. The van der Waals surface area contributed by atoms with Crippen LogP contribution < -0.4 is 10.6 Å². The lowest BCUT2D eigenvalue weighted by atomic mass is 9.69. The fourth-order valence-corrected chi connectivity index (χ4v) is 4.41. The van der Waals surface area contributed by atoms with Crippen LogP contribution in [0.2, 0.25) is 0 Å². The summed E-state index contributed by atoms with van der Waals surface area (Å²) in [6.45, 7) is 7.76. The predicted octanol–water partition coefficient (Wildman–Crippen LogP) is 3.95. The number of nitrogens with one attached hydrogen (secondary N) is 2. The maximum atomic E-state index is 12.6. The van der Waals surface area contributed by atoms with E-state index in [1.807, 2.05) is 12.1 Å². The van der Waals surface area contributed by atoms with Crippen LogP contribution in [0.3, 0.4) is 0 Å². The minimum atomic E-state index is 0.0557. The molecule has 30 heavy (non-hydrogen) atoms. The summed E-state index contributed by atoms with van der Waals surface area (Å²) >= 11 is 0. The normalized spacial score (nSPS) is 23.4. The first-order valence-electron chi connectivity index (χ1n) is 11.1. The summed E-state index contributed by atoms with van der Waals surface area (Å²) in [4.78, 5) is 24.6. The summed E-state index contributed by atoms with van der Waals surface area (Å²) < 4.78 is 0. The molecule has 2 aliphatic rings.